The number of ether oxygens (including phenoxy) is 1. The number of rotatable bonds is 10. The summed E-state index contributed by atoms with van der Waals surface area (Å²) < 4.78 is 5.66. The van der Waals surface area contributed by atoms with Crippen molar-refractivity contribution in [1.29, 1.82) is 0 Å². The lowest BCUT2D eigenvalue weighted by Gasteiger charge is -2.33. The minimum Gasteiger partial charge on any atom is -0.506 e. The molecule has 4 rings (SSSR count). The summed E-state index contributed by atoms with van der Waals surface area (Å²) in [7, 11) is 0. The molecular formula is C31H37N3O5. The van der Waals surface area contributed by atoms with Gasteiger partial charge in [-0.2, -0.15) is 0 Å². The molecular weight excluding hydrogens is 494 g/mol. The fourth-order valence-electron chi connectivity index (χ4n) is 5.26. The van der Waals surface area contributed by atoms with E-state index in [1.165, 1.54) is 25.0 Å². The van der Waals surface area contributed by atoms with Gasteiger partial charge >= 0.3 is 6.09 Å². The van der Waals surface area contributed by atoms with Gasteiger partial charge in [-0.1, -0.05) is 68.7 Å². The Morgan fingerprint density at radius 2 is 1.72 bits per heavy atom. The monoisotopic (exact) mass is 531 g/mol. The molecule has 0 spiro atoms. The van der Waals surface area contributed by atoms with Gasteiger partial charge in [0.15, 0.2) is 0 Å². The van der Waals surface area contributed by atoms with Gasteiger partial charge in [0.05, 0.1) is 5.52 Å². The van der Waals surface area contributed by atoms with Gasteiger partial charge in [-0.25, -0.2) is 4.79 Å². The molecule has 2 amide bonds. The van der Waals surface area contributed by atoms with E-state index in [1.807, 2.05) is 35.2 Å². The molecule has 206 valence electrons. The number of amides is 2. The second-order valence-corrected chi connectivity index (χ2v) is 10.0. The zero-order valence-electron chi connectivity index (χ0n) is 22.3. The molecule has 1 aromatic heterocycles. The third kappa shape index (κ3) is 7.50. The fraction of sp³-hybridized carbons (Fsp3) is 0.387. The third-order valence-corrected chi connectivity index (χ3v) is 7.41. The molecule has 8 heteroatoms. The number of phenolic OH excluding ortho intramolecular Hbond substituents is 1. The van der Waals surface area contributed by atoms with Gasteiger partial charge in [-0.05, 0) is 48.6 Å². The minimum atomic E-state index is -0.456. The molecule has 0 saturated heterocycles. The predicted molar refractivity (Wildman–Crippen MR) is 152 cm³/mol. The molecule has 0 aliphatic heterocycles. The van der Waals surface area contributed by atoms with Crippen LogP contribution in [0.4, 0.5) is 4.79 Å². The SMILES string of the molecule is C=CC(=O)N(CCN(CCc1ccc(O)c2[nH]c(=O)ccc12)C(=O)OCc1ccccc1)C1CCCCCC1. The van der Waals surface area contributed by atoms with E-state index < -0.39 is 6.09 Å². The van der Waals surface area contributed by atoms with Crippen LogP contribution in [0.15, 0.2) is 72.0 Å². The molecule has 1 aliphatic rings. The summed E-state index contributed by atoms with van der Waals surface area (Å²) >= 11 is 0. The molecule has 2 aromatic carbocycles. The summed E-state index contributed by atoms with van der Waals surface area (Å²) in [6.45, 7) is 4.90. The molecule has 0 unspecified atom stereocenters. The van der Waals surface area contributed by atoms with Gasteiger partial charge < -0.3 is 24.6 Å². The maximum absolute atomic E-state index is 13.3. The summed E-state index contributed by atoms with van der Waals surface area (Å²) in [5.41, 5.74) is 1.84. The Bertz CT molecular complexity index is 1330. The minimum absolute atomic E-state index is 0.00689. The van der Waals surface area contributed by atoms with Crippen molar-refractivity contribution in [1.82, 2.24) is 14.8 Å². The molecule has 1 fully saturated rings. The largest absolute Gasteiger partial charge is 0.506 e. The van der Waals surface area contributed by atoms with Gasteiger partial charge in [-0.15, -0.1) is 0 Å². The molecule has 39 heavy (non-hydrogen) atoms. The smallest absolute Gasteiger partial charge is 0.410 e. The molecule has 0 radical (unpaired) electrons. The van der Waals surface area contributed by atoms with Crippen molar-refractivity contribution in [3.05, 3.63) is 88.7 Å². The molecule has 0 atom stereocenters. The summed E-state index contributed by atoms with van der Waals surface area (Å²) in [6, 6.07) is 16.1. The fourth-order valence-corrected chi connectivity index (χ4v) is 5.26. The highest BCUT2D eigenvalue weighted by molar-refractivity contribution is 5.88. The van der Waals surface area contributed by atoms with Crippen LogP contribution in [0.25, 0.3) is 10.9 Å². The number of benzene rings is 2. The predicted octanol–water partition coefficient (Wildman–Crippen LogP) is 5.15. The molecule has 3 aromatic rings. The average molecular weight is 532 g/mol. The van der Waals surface area contributed by atoms with Crippen molar-refractivity contribution in [2.45, 2.75) is 57.6 Å². The number of fused-ring (bicyclic) bond motifs is 1. The number of aromatic nitrogens is 1. The summed E-state index contributed by atoms with van der Waals surface area (Å²) in [5.74, 6) is -0.124. The van der Waals surface area contributed by atoms with Gasteiger partial charge in [-0.3, -0.25) is 9.59 Å². The first-order valence-electron chi connectivity index (χ1n) is 13.7. The zero-order valence-corrected chi connectivity index (χ0v) is 22.3. The van der Waals surface area contributed by atoms with Crippen LogP contribution in [0, 0.1) is 0 Å². The second-order valence-electron chi connectivity index (χ2n) is 10.0. The normalized spacial score (nSPS) is 13.9. The number of nitrogens with one attached hydrogen (secondary N) is 1. The molecule has 8 nitrogen and oxygen atoms in total. The summed E-state index contributed by atoms with van der Waals surface area (Å²) in [5, 5.41) is 10.9. The van der Waals surface area contributed by atoms with Crippen LogP contribution in [0.5, 0.6) is 5.75 Å². The third-order valence-electron chi connectivity index (χ3n) is 7.41. The highest BCUT2D eigenvalue weighted by Gasteiger charge is 2.25. The zero-order chi connectivity index (χ0) is 27.6. The van der Waals surface area contributed by atoms with Crippen LogP contribution in [0.1, 0.15) is 49.7 Å². The van der Waals surface area contributed by atoms with Crippen LogP contribution in [0.2, 0.25) is 0 Å². The number of phenols is 1. The summed E-state index contributed by atoms with van der Waals surface area (Å²) in [4.78, 5) is 44.1. The van der Waals surface area contributed by atoms with Gasteiger partial charge in [0, 0.05) is 37.1 Å². The van der Waals surface area contributed by atoms with Crippen LogP contribution in [0.3, 0.4) is 0 Å². The lowest BCUT2D eigenvalue weighted by molar-refractivity contribution is -0.128. The van der Waals surface area contributed by atoms with Crippen LogP contribution < -0.4 is 5.56 Å². The maximum Gasteiger partial charge on any atom is 0.410 e. The van der Waals surface area contributed by atoms with E-state index in [1.54, 1.807) is 23.1 Å². The van der Waals surface area contributed by atoms with Crippen molar-refractivity contribution in [2.24, 2.45) is 0 Å². The van der Waals surface area contributed by atoms with Gasteiger partial charge in [0.25, 0.3) is 0 Å². The van der Waals surface area contributed by atoms with E-state index in [-0.39, 0.29) is 29.9 Å². The van der Waals surface area contributed by atoms with Crippen molar-refractivity contribution in [3.8, 4) is 5.75 Å². The number of hydrogen-bond acceptors (Lipinski definition) is 5. The molecule has 1 saturated carbocycles. The van der Waals surface area contributed by atoms with E-state index >= 15 is 0 Å². The van der Waals surface area contributed by atoms with Crippen molar-refractivity contribution in [3.63, 3.8) is 0 Å². The Balaban J connectivity index is 1.51. The quantitative estimate of drug-likeness (QED) is 0.278. The van der Waals surface area contributed by atoms with E-state index in [0.717, 1.165) is 36.8 Å². The lowest BCUT2D eigenvalue weighted by atomic mass is 10.0. The standard InChI is InChI=1S/C31H37N3O5/c1-2-29(37)34(25-12-8-3-4-9-13-25)21-20-33(31(38)39-22-23-10-6-5-7-11-23)19-18-24-14-16-27(35)30-26(24)15-17-28(36)32-30/h2,5-7,10-11,14-17,25,35H,1,3-4,8-9,12-13,18-22H2,(H,32,36). The lowest BCUT2D eigenvalue weighted by Crippen LogP contribution is -2.45. The van der Waals surface area contributed by atoms with Crippen LogP contribution in [-0.4, -0.2) is 57.6 Å². The number of aromatic hydroxyl groups is 1. The number of H-pyrrole nitrogens is 1. The summed E-state index contributed by atoms with van der Waals surface area (Å²) in [6.07, 6.45) is 7.81. The van der Waals surface area contributed by atoms with E-state index in [4.69, 9.17) is 4.74 Å². The number of carbonyl (C=O) groups is 2. The topological polar surface area (TPSA) is 103 Å². The Hall–Kier alpha value is -4.07. The first-order valence-corrected chi connectivity index (χ1v) is 13.7. The van der Waals surface area contributed by atoms with Gasteiger partial charge in [0.2, 0.25) is 11.5 Å². The second kappa shape index (κ2) is 13.6. The molecule has 1 heterocycles. The van der Waals surface area contributed by atoms with Crippen molar-refractivity contribution in [2.75, 3.05) is 19.6 Å². The Labute approximate surface area is 228 Å². The Morgan fingerprint density at radius 3 is 2.44 bits per heavy atom. The van der Waals surface area contributed by atoms with E-state index in [2.05, 4.69) is 11.6 Å². The number of hydrogen-bond donors (Lipinski definition) is 2. The number of pyridine rings is 1. The Morgan fingerprint density at radius 1 is 0.974 bits per heavy atom. The highest BCUT2D eigenvalue weighted by atomic mass is 16.6. The van der Waals surface area contributed by atoms with E-state index in [0.29, 0.717) is 37.0 Å². The van der Waals surface area contributed by atoms with Crippen molar-refractivity contribution < 1.29 is 19.4 Å². The first kappa shape index (κ1) is 28.0. The van der Waals surface area contributed by atoms with Crippen LogP contribution in [-0.2, 0) is 22.6 Å². The van der Waals surface area contributed by atoms with Crippen LogP contribution >= 0.6 is 0 Å². The van der Waals surface area contributed by atoms with Crippen molar-refractivity contribution >= 4 is 22.9 Å². The number of nitrogens with zero attached hydrogens (tertiary/aromatic N) is 2. The number of aromatic amines is 1. The van der Waals surface area contributed by atoms with E-state index in [9.17, 15) is 19.5 Å². The molecule has 2 N–H and O–H groups in total. The number of carbonyl (C=O) groups excluding carboxylic acids is 2. The maximum atomic E-state index is 13.3. The average Bonchev–Trinajstić information content (AvgIpc) is 3.24. The first-order chi connectivity index (χ1) is 19.0. The molecule has 0 bridgehead atoms. The Kier molecular flexibility index (Phi) is 9.78. The molecule has 1 aliphatic carbocycles. The van der Waals surface area contributed by atoms with Gasteiger partial charge in [0.1, 0.15) is 12.4 Å². The highest BCUT2D eigenvalue weighted by Crippen LogP contribution is 2.26.